The number of ether oxygens (including phenoxy) is 2. The molecule has 3 aliphatic rings. The zero-order chi connectivity index (χ0) is 22.7. The summed E-state index contributed by atoms with van der Waals surface area (Å²) in [5, 5.41) is 5.10. The summed E-state index contributed by atoms with van der Waals surface area (Å²) in [6, 6.07) is 11.0. The first-order valence-corrected chi connectivity index (χ1v) is 14.3. The molecular weight excluding hydrogens is 464 g/mol. The first kappa shape index (κ1) is 22.7. The lowest BCUT2D eigenvalue weighted by atomic mass is 9.97. The molecule has 8 heteroatoms. The van der Waals surface area contributed by atoms with Gasteiger partial charge in [0.1, 0.15) is 16.5 Å². The molecule has 0 unspecified atom stereocenters. The third-order valence-corrected chi connectivity index (χ3v) is 9.42. The number of hydrogen-bond acceptors (Lipinski definition) is 8. The molecule has 2 aromatic heterocycles. The summed E-state index contributed by atoms with van der Waals surface area (Å²) in [5.74, 6) is 3.28. The molecule has 6 nitrogen and oxygen atoms in total. The van der Waals surface area contributed by atoms with Crippen LogP contribution in [0.4, 0.5) is 5.82 Å². The summed E-state index contributed by atoms with van der Waals surface area (Å²) in [4.78, 5) is 16.6. The lowest BCUT2D eigenvalue weighted by Gasteiger charge is -2.37. The number of aromatic nitrogens is 2. The molecule has 1 aromatic carbocycles. The molecule has 1 N–H and O–H groups in total. The zero-order valence-corrected chi connectivity index (χ0v) is 21.1. The quantitative estimate of drug-likeness (QED) is 0.457. The van der Waals surface area contributed by atoms with Crippen LogP contribution in [-0.4, -0.2) is 67.0 Å². The maximum Gasteiger partial charge on any atom is 0.142 e. The molecule has 2 atom stereocenters. The number of anilines is 1. The fourth-order valence-electron chi connectivity index (χ4n) is 5.46. The van der Waals surface area contributed by atoms with Gasteiger partial charge < -0.3 is 14.8 Å². The molecule has 0 radical (unpaired) electrons. The summed E-state index contributed by atoms with van der Waals surface area (Å²) in [5.41, 5.74) is 1.48. The Hall–Kier alpha value is -1.71. The average Bonchev–Trinajstić information content (AvgIpc) is 3.62. The van der Waals surface area contributed by atoms with Crippen LogP contribution in [0.5, 0.6) is 0 Å². The van der Waals surface area contributed by atoms with E-state index >= 15 is 0 Å². The third kappa shape index (κ3) is 4.84. The summed E-state index contributed by atoms with van der Waals surface area (Å²) >= 11 is 3.68. The molecule has 34 heavy (non-hydrogen) atoms. The number of hydrogen-bond donors (Lipinski definition) is 1. The van der Waals surface area contributed by atoms with Gasteiger partial charge in [-0.2, -0.15) is 0 Å². The van der Waals surface area contributed by atoms with E-state index in [1.54, 1.807) is 11.8 Å². The van der Waals surface area contributed by atoms with Gasteiger partial charge in [0.25, 0.3) is 0 Å². The van der Waals surface area contributed by atoms with E-state index in [1.165, 1.54) is 33.6 Å². The van der Waals surface area contributed by atoms with Crippen molar-refractivity contribution >= 4 is 39.1 Å². The standard InChI is InChI=1S/C26H32N4O2S2/c1-2-5-19(6-3-1)33-17-23-28-25(24-20-7-4-8-22(20)34-26(24)29-23)27-15-21(18-9-12-32-16-18)30-10-13-31-14-11-30/h1-3,5-6,18,21H,4,7-17H2,(H,27,28,29)/t18-,21+/m1/s1. The van der Waals surface area contributed by atoms with Crippen molar-refractivity contribution in [3.8, 4) is 0 Å². The first-order valence-electron chi connectivity index (χ1n) is 12.5. The molecule has 6 rings (SSSR count). The van der Waals surface area contributed by atoms with E-state index in [0.717, 1.165) is 81.1 Å². The van der Waals surface area contributed by atoms with Gasteiger partial charge in [0.05, 0.1) is 31.0 Å². The van der Waals surface area contributed by atoms with Crippen molar-refractivity contribution < 1.29 is 9.47 Å². The Morgan fingerprint density at radius 2 is 1.97 bits per heavy atom. The largest absolute Gasteiger partial charge is 0.381 e. The van der Waals surface area contributed by atoms with Crippen molar-refractivity contribution in [2.45, 2.75) is 42.4 Å². The van der Waals surface area contributed by atoms with Crippen molar-refractivity contribution in [3.05, 3.63) is 46.6 Å². The second-order valence-electron chi connectivity index (χ2n) is 9.35. The number of aryl methyl sites for hydroxylation is 2. The molecule has 180 valence electrons. The summed E-state index contributed by atoms with van der Waals surface area (Å²) in [6.07, 6.45) is 4.71. The molecule has 2 saturated heterocycles. The van der Waals surface area contributed by atoms with Gasteiger partial charge in [-0.15, -0.1) is 23.1 Å². The molecule has 2 fully saturated rings. The van der Waals surface area contributed by atoms with E-state index in [1.807, 2.05) is 11.3 Å². The lowest BCUT2D eigenvalue weighted by Crippen LogP contribution is -2.50. The number of nitrogens with one attached hydrogen (secondary N) is 1. The van der Waals surface area contributed by atoms with Gasteiger partial charge in [0, 0.05) is 48.0 Å². The average molecular weight is 497 g/mol. The van der Waals surface area contributed by atoms with Crippen LogP contribution in [0.2, 0.25) is 0 Å². The van der Waals surface area contributed by atoms with Crippen LogP contribution in [0.3, 0.4) is 0 Å². The second-order valence-corrected chi connectivity index (χ2v) is 11.5. The number of rotatable bonds is 8. The Morgan fingerprint density at radius 1 is 1.09 bits per heavy atom. The van der Waals surface area contributed by atoms with Crippen molar-refractivity contribution in [1.82, 2.24) is 14.9 Å². The van der Waals surface area contributed by atoms with Crippen molar-refractivity contribution in [2.24, 2.45) is 5.92 Å². The molecule has 1 aliphatic carbocycles. The summed E-state index contributed by atoms with van der Waals surface area (Å²) in [7, 11) is 0. The van der Waals surface area contributed by atoms with E-state index in [-0.39, 0.29) is 0 Å². The van der Waals surface area contributed by atoms with Gasteiger partial charge in [-0.05, 0) is 43.4 Å². The summed E-state index contributed by atoms with van der Waals surface area (Å²) < 4.78 is 11.4. The molecule has 0 spiro atoms. The van der Waals surface area contributed by atoms with Gasteiger partial charge in [-0.3, -0.25) is 4.90 Å². The van der Waals surface area contributed by atoms with E-state index in [2.05, 4.69) is 40.5 Å². The fourth-order valence-corrected chi connectivity index (χ4v) is 7.51. The molecule has 0 bridgehead atoms. The lowest BCUT2D eigenvalue weighted by molar-refractivity contribution is 0.00460. The Labute approximate surface area is 209 Å². The van der Waals surface area contributed by atoms with Crippen molar-refractivity contribution in [2.75, 3.05) is 51.4 Å². The number of nitrogens with zero attached hydrogens (tertiary/aromatic N) is 3. The van der Waals surface area contributed by atoms with Gasteiger partial charge in [-0.25, -0.2) is 9.97 Å². The van der Waals surface area contributed by atoms with Crippen molar-refractivity contribution in [3.63, 3.8) is 0 Å². The fraction of sp³-hybridized carbons (Fsp3) is 0.538. The van der Waals surface area contributed by atoms with E-state index in [0.29, 0.717) is 12.0 Å². The highest BCUT2D eigenvalue weighted by atomic mass is 32.2. The minimum Gasteiger partial charge on any atom is -0.381 e. The SMILES string of the molecule is c1ccc(SCc2nc(NC[C@@H]([C@@H]3CCOC3)N3CCOCC3)c3c4c(sc3n2)CCC4)cc1. The molecule has 2 aliphatic heterocycles. The minimum atomic E-state index is 0.435. The highest BCUT2D eigenvalue weighted by molar-refractivity contribution is 7.98. The molecular formula is C26H32N4O2S2. The Balaban J connectivity index is 1.27. The predicted molar refractivity (Wildman–Crippen MR) is 139 cm³/mol. The summed E-state index contributed by atoms with van der Waals surface area (Å²) in [6.45, 7) is 6.25. The normalized spacial score (nSPS) is 21.7. The highest BCUT2D eigenvalue weighted by Gasteiger charge is 2.32. The van der Waals surface area contributed by atoms with Gasteiger partial charge >= 0.3 is 0 Å². The zero-order valence-electron chi connectivity index (χ0n) is 19.5. The molecule has 0 amide bonds. The molecule has 3 aromatic rings. The van der Waals surface area contributed by atoms with E-state index < -0.39 is 0 Å². The van der Waals surface area contributed by atoms with Crippen LogP contribution < -0.4 is 5.32 Å². The highest BCUT2D eigenvalue weighted by Crippen LogP contribution is 2.40. The van der Waals surface area contributed by atoms with Crippen molar-refractivity contribution in [1.29, 1.82) is 0 Å². The number of benzene rings is 1. The number of fused-ring (bicyclic) bond motifs is 3. The van der Waals surface area contributed by atoms with Gasteiger partial charge in [0.2, 0.25) is 0 Å². The number of thioether (sulfide) groups is 1. The third-order valence-electron chi connectivity index (χ3n) is 7.22. The molecule has 0 saturated carbocycles. The maximum absolute atomic E-state index is 5.78. The number of thiophene rings is 1. The van der Waals surface area contributed by atoms with Crippen LogP contribution in [0.1, 0.15) is 29.1 Å². The first-order chi connectivity index (χ1) is 16.8. The van der Waals surface area contributed by atoms with E-state index in [9.17, 15) is 0 Å². The smallest absolute Gasteiger partial charge is 0.142 e. The van der Waals surface area contributed by atoms with Gasteiger partial charge in [0.15, 0.2) is 0 Å². The molecule has 4 heterocycles. The monoisotopic (exact) mass is 496 g/mol. The van der Waals surface area contributed by atoms with Crippen LogP contribution in [0.25, 0.3) is 10.2 Å². The Kier molecular flexibility index (Phi) is 7.02. The van der Waals surface area contributed by atoms with Gasteiger partial charge in [-0.1, -0.05) is 18.2 Å². The van der Waals surface area contributed by atoms with Crippen LogP contribution >= 0.6 is 23.1 Å². The Bertz CT molecular complexity index is 1110. The minimum absolute atomic E-state index is 0.435. The maximum atomic E-state index is 5.78. The van der Waals surface area contributed by atoms with Crippen LogP contribution in [0, 0.1) is 5.92 Å². The topological polar surface area (TPSA) is 59.5 Å². The second kappa shape index (κ2) is 10.5. The predicted octanol–water partition coefficient (Wildman–Crippen LogP) is 4.62. The number of morpholine rings is 1. The van der Waals surface area contributed by atoms with Crippen LogP contribution in [-0.2, 0) is 28.1 Å². The Morgan fingerprint density at radius 3 is 2.79 bits per heavy atom. The van der Waals surface area contributed by atoms with Crippen LogP contribution in [0.15, 0.2) is 35.2 Å². The van der Waals surface area contributed by atoms with E-state index in [4.69, 9.17) is 19.4 Å².